The molecule has 236 valence electrons. The van der Waals surface area contributed by atoms with Crippen molar-refractivity contribution < 1.29 is 38.2 Å². The van der Waals surface area contributed by atoms with E-state index >= 15 is 0 Å². The molecule has 5 unspecified atom stereocenters. The summed E-state index contributed by atoms with van der Waals surface area (Å²) in [4.78, 5) is 80.2. The number of amides is 5. The zero-order chi connectivity index (χ0) is 31.5. The molecule has 0 aliphatic carbocycles. The van der Waals surface area contributed by atoms with Crippen molar-refractivity contribution in [1.82, 2.24) is 20.4 Å². The quantitative estimate of drug-likeness (QED) is 0.283. The molecule has 2 fully saturated rings. The topological polar surface area (TPSA) is 177 Å². The molecule has 2 aliphatic heterocycles. The lowest BCUT2D eigenvalue weighted by molar-refractivity contribution is -0.154. The van der Waals surface area contributed by atoms with Crippen LogP contribution in [0.4, 0.5) is 4.79 Å². The van der Waals surface area contributed by atoms with Gasteiger partial charge in [-0.05, 0) is 43.6 Å². The van der Waals surface area contributed by atoms with Crippen LogP contribution in [0.5, 0.6) is 0 Å². The van der Waals surface area contributed by atoms with Gasteiger partial charge in [-0.2, -0.15) is 0 Å². The van der Waals surface area contributed by atoms with Crippen LogP contribution in [0.15, 0.2) is 30.3 Å². The molecule has 0 saturated carbocycles. The number of nitrogens with two attached hydrogens (primary N) is 1. The third-order valence-electron chi connectivity index (χ3n) is 8.11. The summed E-state index contributed by atoms with van der Waals surface area (Å²) in [6.07, 6.45) is 1.58. The van der Waals surface area contributed by atoms with E-state index in [1.807, 2.05) is 19.9 Å². The molecule has 0 radical (unpaired) electrons. The van der Waals surface area contributed by atoms with E-state index in [1.54, 1.807) is 24.3 Å². The lowest BCUT2D eigenvalue weighted by Gasteiger charge is -2.34. The number of nitrogens with zero attached hydrogens (tertiary/aromatic N) is 2. The van der Waals surface area contributed by atoms with Crippen molar-refractivity contribution in [2.45, 2.75) is 89.6 Å². The number of methoxy groups -OCH3 is 1. The molecule has 3 rings (SSSR count). The van der Waals surface area contributed by atoms with E-state index < -0.39 is 54.0 Å². The van der Waals surface area contributed by atoms with Gasteiger partial charge in [0.05, 0.1) is 7.11 Å². The number of nitrogens with one attached hydrogen (secondary N) is 2. The summed E-state index contributed by atoms with van der Waals surface area (Å²) in [7, 11) is 1.28. The number of hydrogen-bond acceptors (Lipinski definition) is 8. The number of likely N-dealkylation sites (tertiary alicyclic amines) is 2. The maximum absolute atomic E-state index is 13.9. The third-order valence-corrected chi connectivity index (χ3v) is 8.11. The Hall–Kier alpha value is -4.16. The van der Waals surface area contributed by atoms with E-state index in [0.717, 1.165) is 5.56 Å². The van der Waals surface area contributed by atoms with Gasteiger partial charge < -0.3 is 35.6 Å². The maximum Gasteiger partial charge on any atom is 0.408 e. The second-order valence-corrected chi connectivity index (χ2v) is 11.0. The van der Waals surface area contributed by atoms with Crippen LogP contribution in [0.2, 0.25) is 0 Å². The maximum atomic E-state index is 13.9. The lowest BCUT2D eigenvalue weighted by atomic mass is 9.96. The first-order valence-corrected chi connectivity index (χ1v) is 14.8. The first-order valence-electron chi connectivity index (χ1n) is 14.8. The van der Waals surface area contributed by atoms with Gasteiger partial charge >= 0.3 is 12.1 Å². The Labute approximate surface area is 251 Å². The number of alkyl carbamates (subject to hydrolysis) is 1. The number of carbonyl (C=O) groups is 6. The highest BCUT2D eigenvalue weighted by atomic mass is 16.5. The highest BCUT2D eigenvalue weighted by molar-refractivity contribution is 5.95. The molecule has 2 heterocycles. The summed E-state index contributed by atoms with van der Waals surface area (Å²) in [5, 5.41) is 5.25. The number of esters is 1. The van der Waals surface area contributed by atoms with Crippen molar-refractivity contribution in [1.29, 1.82) is 0 Å². The summed E-state index contributed by atoms with van der Waals surface area (Å²) in [5.41, 5.74) is 6.05. The van der Waals surface area contributed by atoms with Crippen LogP contribution >= 0.6 is 0 Å². The van der Waals surface area contributed by atoms with E-state index in [2.05, 4.69) is 10.6 Å². The molecule has 5 amide bonds. The normalized spacial score (nSPS) is 20.1. The second kappa shape index (κ2) is 15.9. The fourth-order valence-corrected chi connectivity index (χ4v) is 5.47. The number of primary amides is 1. The SMILES string of the molecule is CCC(C)C(NC(=O)C(CCC(N)=O)NC(=O)OCc1ccccc1)C(=O)N1CCCC1C(=O)N1CCCC1C(=O)OC. The number of hydrogen-bond donors (Lipinski definition) is 3. The second-order valence-electron chi connectivity index (χ2n) is 11.0. The molecule has 1 aromatic carbocycles. The first kappa shape index (κ1) is 33.3. The van der Waals surface area contributed by atoms with Crippen LogP contribution < -0.4 is 16.4 Å². The van der Waals surface area contributed by atoms with Crippen LogP contribution in [0.25, 0.3) is 0 Å². The summed E-state index contributed by atoms with van der Waals surface area (Å²) in [6, 6.07) is 5.34. The van der Waals surface area contributed by atoms with Gasteiger partial charge in [-0.3, -0.25) is 19.2 Å². The van der Waals surface area contributed by atoms with Crippen molar-refractivity contribution in [3.63, 3.8) is 0 Å². The number of carbonyl (C=O) groups excluding carboxylic acids is 6. The predicted octanol–water partition coefficient (Wildman–Crippen LogP) is 1.23. The summed E-state index contributed by atoms with van der Waals surface area (Å²) >= 11 is 0. The van der Waals surface area contributed by atoms with E-state index in [0.29, 0.717) is 45.2 Å². The Morgan fingerprint density at radius 3 is 2.26 bits per heavy atom. The lowest BCUT2D eigenvalue weighted by Crippen LogP contribution is -2.59. The van der Waals surface area contributed by atoms with Crippen LogP contribution in [0, 0.1) is 5.92 Å². The summed E-state index contributed by atoms with van der Waals surface area (Å²) in [6.45, 7) is 4.38. The van der Waals surface area contributed by atoms with Gasteiger partial charge in [0, 0.05) is 19.5 Å². The van der Waals surface area contributed by atoms with Gasteiger partial charge in [0.2, 0.25) is 23.6 Å². The molecular formula is C30H43N5O8. The molecule has 2 aliphatic rings. The minimum absolute atomic E-state index is 0.0248. The fraction of sp³-hybridized carbons (Fsp3) is 0.600. The van der Waals surface area contributed by atoms with Crippen molar-refractivity contribution >= 4 is 35.7 Å². The molecule has 13 heteroatoms. The van der Waals surface area contributed by atoms with E-state index in [-0.39, 0.29) is 31.3 Å². The average Bonchev–Trinajstić information content (AvgIpc) is 3.70. The largest absolute Gasteiger partial charge is 0.467 e. The monoisotopic (exact) mass is 601 g/mol. The Balaban J connectivity index is 1.72. The zero-order valence-corrected chi connectivity index (χ0v) is 25.1. The minimum atomic E-state index is -1.20. The Morgan fingerprint density at radius 1 is 0.977 bits per heavy atom. The average molecular weight is 602 g/mol. The van der Waals surface area contributed by atoms with Gasteiger partial charge in [0.1, 0.15) is 30.8 Å². The molecule has 5 atom stereocenters. The summed E-state index contributed by atoms with van der Waals surface area (Å²) < 4.78 is 10.1. The van der Waals surface area contributed by atoms with E-state index in [9.17, 15) is 28.8 Å². The van der Waals surface area contributed by atoms with Gasteiger partial charge in [0.15, 0.2) is 0 Å². The Kier molecular flexibility index (Phi) is 12.3. The molecule has 0 spiro atoms. The Morgan fingerprint density at radius 2 is 1.63 bits per heavy atom. The van der Waals surface area contributed by atoms with Gasteiger partial charge in [-0.15, -0.1) is 0 Å². The molecule has 4 N–H and O–H groups in total. The van der Waals surface area contributed by atoms with Crippen molar-refractivity contribution in [2.75, 3.05) is 20.2 Å². The predicted molar refractivity (Wildman–Crippen MR) is 155 cm³/mol. The Bertz CT molecular complexity index is 1160. The molecule has 1 aromatic rings. The van der Waals surface area contributed by atoms with E-state index in [1.165, 1.54) is 16.9 Å². The summed E-state index contributed by atoms with van der Waals surface area (Å²) in [5.74, 6) is -2.86. The van der Waals surface area contributed by atoms with Crippen LogP contribution in [-0.2, 0) is 40.1 Å². The van der Waals surface area contributed by atoms with Gasteiger partial charge in [-0.25, -0.2) is 9.59 Å². The van der Waals surface area contributed by atoms with Crippen LogP contribution in [-0.4, -0.2) is 89.9 Å². The van der Waals surface area contributed by atoms with E-state index in [4.69, 9.17) is 15.2 Å². The highest BCUT2D eigenvalue weighted by Crippen LogP contribution is 2.27. The third kappa shape index (κ3) is 8.91. The standard InChI is InChI=1S/C30H43N5O8/c1-4-19(2)25(28(39)34-16-8-12-22(34)27(38)35-17-9-13-23(35)29(40)42-3)33-26(37)21(14-15-24(31)36)32-30(41)43-18-20-10-6-5-7-11-20/h5-7,10-11,19,21-23,25H,4,8-9,12-18H2,1-3H3,(H2,31,36)(H,32,41)(H,33,37). The van der Waals surface area contributed by atoms with Crippen molar-refractivity contribution in [3.05, 3.63) is 35.9 Å². The first-order chi connectivity index (χ1) is 20.6. The van der Waals surface area contributed by atoms with Crippen LogP contribution in [0.1, 0.15) is 64.4 Å². The smallest absolute Gasteiger partial charge is 0.408 e. The minimum Gasteiger partial charge on any atom is -0.467 e. The number of ether oxygens (including phenoxy) is 2. The van der Waals surface area contributed by atoms with Crippen LogP contribution in [0.3, 0.4) is 0 Å². The number of rotatable bonds is 13. The van der Waals surface area contributed by atoms with Crippen molar-refractivity contribution in [3.8, 4) is 0 Å². The fourth-order valence-electron chi connectivity index (χ4n) is 5.47. The molecule has 0 aromatic heterocycles. The van der Waals surface area contributed by atoms with Crippen molar-refractivity contribution in [2.24, 2.45) is 11.7 Å². The molecule has 2 saturated heterocycles. The van der Waals surface area contributed by atoms with Gasteiger partial charge in [-0.1, -0.05) is 50.6 Å². The highest BCUT2D eigenvalue weighted by Gasteiger charge is 2.44. The molecular weight excluding hydrogens is 558 g/mol. The molecule has 0 bridgehead atoms. The molecule has 13 nitrogen and oxygen atoms in total. The van der Waals surface area contributed by atoms with Gasteiger partial charge in [0.25, 0.3) is 0 Å². The number of benzene rings is 1. The zero-order valence-electron chi connectivity index (χ0n) is 25.1. The molecule has 43 heavy (non-hydrogen) atoms.